The fourth-order valence-corrected chi connectivity index (χ4v) is 3.96. The fraction of sp³-hybridized carbons (Fsp3) is 0.167. The van der Waals surface area contributed by atoms with Crippen molar-refractivity contribution in [3.8, 4) is 11.4 Å². The molecule has 2 aromatic carbocycles. The van der Waals surface area contributed by atoms with Crippen LogP contribution in [-0.4, -0.2) is 26.4 Å². The molecule has 140 valence electrons. The van der Waals surface area contributed by atoms with Crippen LogP contribution in [0.3, 0.4) is 0 Å². The van der Waals surface area contributed by atoms with Gasteiger partial charge >= 0.3 is 0 Å². The van der Waals surface area contributed by atoms with E-state index in [-0.39, 0.29) is 11.7 Å². The third-order valence-electron chi connectivity index (χ3n) is 3.67. The number of nitrogens with one attached hydrogen (secondary N) is 1. The van der Waals surface area contributed by atoms with Crippen molar-refractivity contribution in [3.63, 3.8) is 0 Å². The molecule has 3 aromatic rings. The lowest BCUT2D eigenvalue weighted by atomic mass is 10.2. The molecule has 5 nitrogen and oxygen atoms in total. The summed E-state index contributed by atoms with van der Waals surface area (Å²) in [5, 5.41) is 12.7. The van der Waals surface area contributed by atoms with Gasteiger partial charge < -0.3 is 9.88 Å². The van der Waals surface area contributed by atoms with Gasteiger partial charge in [-0.25, -0.2) is 0 Å². The SMILES string of the molecule is CCn1c(SCC(=O)Nc2ccc(Cl)c(Br)c2)nnc1-c1ccc(Br)cc1. The molecule has 27 heavy (non-hydrogen) atoms. The molecule has 0 radical (unpaired) electrons. The Hall–Kier alpha value is -1.35. The summed E-state index contributed by atoms with van der Waals surface area (Å²) < 4.78 is 3.74. The number of anilines is 1. The number of carbonyl (C=O) groups is 1. The Balaban J connectivity index is 1.68. The van der Waals surface area contributed by atoms with Gasteiger partial charge in [-0.05, 0) is 53.2 Å². The number of thioether (sulfide) groups is 1. The second-order valence-electron chi connectivity index (χ2n) is 5.52. The first-order valence-corrected chi connectivity index (χ1v) is 11.0. The molecule has 0 spiro atoms. The van der Waals surface area contributed by atoms with Crippen LogP contribution in [0.4, 0.5) is 5.69 Å². The predicted octanol–water partition coefficient (Wildman–Crippen LogP) is 5.87. The van der Waals surface area contributed by atoms with Gasteiger partial charge in [-0.1, -0.05) is 51.4 Å². The van der Waals surface area contributed by atoms with Crippen molar-refractivity contribution in [1.82, 2.24) is 14.8 Å². The number of aromatic nitrogens is 3. The first-order valence-electron chi connectivity index (χ1n) is 8.04. The van der Waals surface area contributed by atoms with Crippen LogP contribution in [0.1, 0.15) is 6.92 Å². The van der Waals surface area contributed by atoms with Crippen LogP contribution in [0, 0.1) is 0 Å². The summed E-state index contributed by atoms with van der Waals surface area (Å²) in [5.41, 5.74) is 1.67. The number of amides is 1. The Kier molecular flexibility index (Phi) is 6.97. The molecule has 1 aromatic heterocycles. The van der Waals surface area contributed by atoms with E-state index < -0.39 is 0 Å². The van der Waals surface area contributed by atoms with Crippen molar-refractivity contribution in [1.29, 1.82) is 0 Å². The van der Waals surface area contributed by atoms with Crippen molar-refractivity contribution in [3.05, 3.63) is 56.4 Å². The van der Waals surface area contributed by atoms with Gasteiger partial charge in [-0.15, -0.1) is 10.2 Å². The Morgan fingerprint density at radius 3 is 2.59 bits per heavy atom. The van der Waals surface area contributed by atoms with Crippen molar-refractivity contribution < 1.29 is 4.79 Å². The number of rotatable bonds is 6. The molecule has 0 unspecified atom stereocenters. The highest BCUT2D eigenvalue weighted by molar-refractivity contribution is 9.10. The maximum Gasteiger partial charge on any atom is 0.234 e. The molecule has 1 amide bonds. The number of carbonyl (C=O) groups excluding carboxylic acids is 1. The summed E-state index contributed by atoms with van der Waals surface area (Å²) in [6.45, 7) is 2.74. The molecule has 1 N–H and O–H groups in total. The maximum atomic E-state index is 12.3. The summed E-state index contributed by atoms with van der Waals surface area (Å²) in [6.07, 6.45) is 0. The van der Waals surface area contributed by atoms with Gasteiger partial charge in [0.05, 0.1) is 10.8 Å². The van der Waals surface area contributed by atoms with E-state index in [1.54, 1.807) is 18.2 Å². The Labute approximate surface area is 183 Å². The van der Waals surface area contributed by atoms with E-state index in [4.69, 9.17) is 11.6 Å². The van der Waals surface area contributed by atoms with Crippen LogP contribution in [0.25, 0.3) is 11.4 Å². The van der Waals surface area contributed by atoms with E-state index >= 15 is 0 Å². The molecule has 0 aliphatic heterocycles. The first-order chi connectivity index (χ1) is 13.0. The maximum absolute atomic E-state index is 12.3. The van der Waals surface area contributed by atoms with Crippen LogP contribution < -0.4 is 5.32 Å². The number of halogens is 3. The van der Waals surface area contributed by atoms with Gasteiger partial charge in [0.15, 0.2) is 11.0 Å². The minimum Gasteiger partial charge on any atom is -0.325 e. The quantitative estimate of drug-likeness (QED) is 0.405. The summed E-state index contributed by atoms with van der Waals surface area (Å²) in [4.78, 5) is 12.3. The third-order valence-corrected chi connectivity index (χ3v) is 6.38. The third kappa shape index (κ3) is 5.13. The highest BCUT2D eigenvalue weighted by atomic mass is 79.9. The predicted molar refractivity (Wildman–Crippen MR) is 117 cm³/mol. The number of nitrogens with zero attached hydrogens (tertiary/aromatic N) is 3. The molecule has 0 saturated carbocycles. The normalized spacial score (nSPS) is 10.8. The van der Waals surface area contributed by atoms with Crippen molar-refractivity contribution in [2.75, 3.05) is 11.1 Å². The fourth-order valence-electron chi connectivity index (χ4n) is 2.39. The zero-order valence-electron chi connectivity index (χ0n) is 14.2. The van der Waals surface area contributed by atoms with Crippen molar-refractivity contribution in [2.24, 2.45) is 0 Å². The van der Waals surface area contributed by atoms with E-state index in [0.717, 1.165) is 20.3 Å². The lowest BCUT2D eigenvalue weighted by Crippen LogP contribution is -2.14. The van der Waals surface area contributed by atoms with Gasteiger partial charge in [0.2, 0.25) is 5.91 Å². The van der Waals surface area contributed by atoms with Crippen LogP contribution in [0.15, 0.2) is 56.6 Å². The molecule has 1 heterocycles. The van der Waals surface area contributed by atoms with Crippen LogP contribution >= 0.6 is 55.2 Å². The summed E-state index contributed by atoms with van der Waals surface area (Å²) in [5.74, 6) is 0.901. The molecule has 9 heteroatoms. The zero-order valence-corrected chi connectivity index (χ0v) is 19.0. The van der Waals surface area contributed by atoms with E-state index in [2.05, 4.69) is 47.4 Å². The Morgan fingerprint density at radius 1 is 1.19 bits per heavy atom. The largest absolute Gasteiger partial charge is 0.325 e. The molecule has 0 bridgehead atoms. The minimum absolute atomic E-state index is 0.120. The van der Waals surface area contributed by atoms with E-state index in [9.17, 15) is 4.79 Å². The highest BCUT2D eigenvalue weighted by Gasteiger charge is 2.15. The van der Waals surface area contributed by atoms with Gasteiger partial charge in [-0.3, -0.25) is 4.79 Å². The van der Waals surface area contributed by atoms with Crippen molar-refractivity contribution in [2.45, 2.75) is 18.6 Å². The summed E-state index contributed by atoms with van der Waals surface area (Å²) >= 11 is 14.1. The van der Waals surface area contributed by atoms with E-state index in [1.165, 1.54) is 11.8 Å². The van der Waals surface area contributed by atoms with E-state index in [0.29, 0.717) is 22.4 Å². The summed E-state index contributed by atoms with van der Waals surface area (Å²) in [7, 11) is 0. The zero-order chi connectivity index (χ0) is 19.4. The second kappa shape index (κ2) is 9.23. The number of hydrogen-bond donors (Lipinski definition) is 1. The molecule has 3 rings (SSSR count). The van der Waals surface area contributed by atoms with Gasteiger partial charge in [0, 0.05) is 26.7 Å². The Morgan fingerprint density at radius 2 is 1.93 bits per heavy atom. The standard InChI is InChI=1S/C18H15Br2ClN4OS/c1-2-25-17(11-3-5-12(19)6-4-11)23-24-18(25)27-10-16(26)22-13-7-8-15(21)14(20)9-13/h3-9H,2,10H2,1H3,(H,22,26). The molecule has 0 aliphatic carbocycles. The molecule has 0 aliphatic rings. The number of hydrogen-bond acceptors (Lipinski definition) is 4. The monoisotopic (exact) mass is 528 g/mol. The first kappa shape index (κ1) is 20.4. The molecule has 0 saturated heterocycles. The van der Waals surface area contributed by atoms with Crippen molar-refractivity contribution >= 4 is 66.8 Å². The molecule has 0 atom stereocenters. The van der Waals surface area contributed by atoms with Gasteiger partial charge in [-0.2, -0.15) is 0 Å². The smallest absolute Gasteiger partial charge is 0.234 e. The Bertz CT molecular complexity index is 962. The average Bonchev–Trinajstić information content (AvgIpc) is 3.06. The molecule has 0 fully saturated rings. The van der Waals surface area contributed by atoms with Crippen LogP contribution in [0.2, 0.25) is 5.02 Å². The number of benzene rings is 2. The highest BCUT2D eigenvalue weighted by Crippen LogP contribution is 2.27. The molecular weight excluding hydrogens is 516 g/mol. The lowest BCUT2D eigenvalue weighted by Gasteiger charge is -2.08. The topological polar surface area (TPSA) is 59.8 Å². The van der Waals surface area contributed by atoms with Gasteiger partial charge in [0.1, 0.15) is 0 Å². The second-order valence-corrected chi connectivity index (χ2v) is 8.64. The van der Waals surface area contributed by atoms with E-state index in [1.807, 2.05) is 35.8 Å². The lowest BCUT2D eigenvalue weighted by molar-refractivity contribution is -0.113. The van der Waals surface area contributed by atoms with Crippen LogP contribution in [-0.2, 0) is 11.3 Å². The van der Waals surface area contributed by atoms with Crippen LogP contribution in [0.5, 0.6) is 0 Å². The minimum atomic E-state index is -0.120. The van der Waals surface area contributed by atoms with Gasteiger partial charge in [0.25, 0.3) is 0 Å². The summed E-state index contributed by atoms with van der Waals surface area (Å²) in [6, 6.07) is 13.2. The average molecular weight is 531 g/mol. The molecular formula is C18H15Br2ClN4OS.